The molecule has 0 bridgehead atoms. The van der Waals surface area contributed by atoms with Crippen LogP contribution in [-0.2, 0) is 4.74 Å². The highest BCUT2D eigenvalue weighted by molar-refractivity contribution is 6.30. The lowest BCUT2D eigenvalue weighted by atomic mass is 10.0. The van der Waals surface area contributed by atoms with Crippen LogP contribution in [0.3, 0.4) is 0 Å². The highest BCUT2D eigenvalue weighted by Crippen LogP contribution is 2.26. The number of hydrogen-bond acceptors (Lipinski definition) is 6. The molecule has 0 fully saturated rings. The predicted molar refractivity (Wildman–Crippen MR) is 112 cm³/mol. The van der Waals surface area contributed by atoms with Crippen LogP contribution in [0.5, 0.6) is 0 Å². The van der Waals surface area contributed by atoms with Crippen molar-refractivity contribution >= 4 is 34.9 Å². The van der Waals surface area contributed by atoms with Crippen molar-refractivity contribution < 1.29 is 9.84 Å². The standard InChI is InChI=1S/C20H25ClN4O2/c1-13-7-18(22-5-6-26)10-20(24-13)25-14(2)16-8-15-9-17(21)3-4-19(15)23-12-27-11-16/h3-4,7-10,14,23,26H,5-6,11-12H2,1-2H3,(H2,22,24,25)/b16-8+/t14-/m0/s1. The second kappa shape index (κ2) is 9.08. The van der Waals surface area contributed by atoms with Crippen LogP contribution in [0, 0.1) is 6.92 Å². The molecule has 2 aromatic rings. The summed E-state index contributed by atoms with van der Waals surface area (Å²) >= 11 is 6.17. The van der Waals surface area contributed by atoms with Crippen molar-refractivity contribution in [1.82, 2.24) is 4.98 Å². The summed E-state index contributed by atoms with van der Waals surface area (Å²) in [6.07, 6.45) is 2.10. The number of benzene rings is 1. The van der Waals surface area contributed by atoms with E-state index in [1.165, 1.54) is 0 Å². The van der Waals surface area contributed by atoms with Crippen molar-refractivity contribution in [2.24, 2.45) is 0 Å². The van der Waals surface area contributed by atoms with E-state index >= 15 is 0 Å². The summed E-state index contributed by atoms with van der Waals surface area (Å²) in [7, 11) is 0. The molecular weight excluding hydrogens is 364 g/mol. The highest BCUT2D eigenvalue weighted by atomic mass is 35.5. The van der Waals surface area contributed by atoms with E-state index < -0.39 is 0 Å². The third-order valence-corrected chi connectivity index (χ3v) is 4.54. The second-order valence-corrected chi connectivity index (χ2v) is 6.96. The summed E-state index contributed by atoms with van der Waals surface area (Å²) in [6, 6.07) is 9.68. The Hall–Kier alpha value is -2.28. The number of aromatic nitrogens is 1. The summed E-state index contributed by atoms with van der Waals surface area (Å²) in [4.78, 5) is 4.56. The lowest BCUT2D eigenvalue weighted by Gasteiger charge is -2.23. The minimum absolute atomic E-state index is 0.0231. The van der Waals surface area contributed by atoms with E-state index in [4.69, 9.17) is 21.4 Å². The second-order valence-electron chi connectivity index (χ2n) is 6.52. The fraction of sp³-hybridized carbons (Fsp3) is 0.350. The molecule has 0 unspecified atom stereocenters. The van der Waals surface area contributed by atoms with Gasteiger partial charge in [-0.15, -0.1) is 0 Å². The third-order valence-electron chi connectivity index (χ3n) is 4.30. The molecule has 144 valence electrons. The maximum Gasteiger partial charge on any atom is 0.128 e. The number of rotatable bonds is 6. The van der Waals surface area contributed by atoms with E-state index in [-0.39, 0.29) is 12.6 Å². The van der Waals surface area contributed by atoms with E-state index in [1.807, 2.05) is 37.3 Å². The summed E-state index contributed by atoms with van der Waals surface area (Å²) in [6.45, 7) is 5.56. The van der Waals surface area contributed by atoms with E-state index in [9.17, 15) is 0 Å². The van der Waals surface area contributed by atoms with Crippen LogP contribution in [0.15, 0.2) is 35.9 Å². The first-order valence-corrected chi connectivity index (χ1v) is 9.34. The maximum absolute atomic E-state index is 9.00. The molecule has 6 nitrogen and oxygen atoms in total. The maximum atomic E-state index is 9.00. The largest absolute Gasteiger partial charge is 0.395 e. The molecule has 1 aromatic carbocycles. The number of hydrogen-bond donors (Lipinski definition) is 4. The molecule has 0 amide bonds. The van der Waals surface area contributed by atoms with Gasteiger partial charge < -0.3 is 25.8 Å². The molecule has 0 spiro atoms. The van der Waals surface area contributed by atoms with Crippen LogP contribution in [0.1, 0.15) is 18.2 Å². The zero-order chi connectivity index (χ0) is 19.2. The third kappa shape index (κ3) is 5.35. The summed E-state index contributed by atoms with van der Waals surface area (Å²) in [5.41, 5.74) is 4.96. The van der Waals surface area contributed by atoms with Gasteiger partial charge in [0.05, 0.1) is 13.2 Å². The van der Waals surface area contributed by atoms with Crippen LogP contribution in [0.25, 0.3) is 6.08 Å². The fourth-order valence-electron chi connectivity index (χ4n) is 2.96. The molecule has 27 heavy (non-hydrogen) atoms. The minimum atomic E-state index is 0.0231. The quantitative estimate of drug-likeness (QED) is 0.604. The van der Waals surface area contributed by atoms with Crippen molar-refractivity contribution in [3.8, 4) is 0 Å². The fourth-order valence-corrected chi connectivity index (χ4v) is 3.14. The molecule has 0 aliphatic carbocycles. The topological polar surface area (TPSA) is 78.4 Å². The molecule has 1 aliphatic rings. The molecule has 0 saturated heterocycles. The Balaban J connectivity index is 1.82. The summed E-state index contributed by atoms with van der Waals surface area (Å²) in [5.74, 6) is 0.773. The van der Waals surface area contributed by atoms with Gasteiger partial charge in [0.15, 0.2) is 0 Å². The number of aryl methyl sites for hydroxylation is 1. The lowest BCUT2D eigenvalue weighted by Crippen LogP contribution is -2.24. The van der Waals surface area contributed by atoms with Crippen molar-refractivity contribution in [3.05, 3.63) is 52.2 Å². The molecule has 7 heteroatoms. The Labute approximate surface area is 164 Å². The number of aliphatic hydroxyl groups is 1. The summed E-state index contributed by atoms with van der Waals surface area (Å²) < 4.78 is 5.72. The zero-order valence-corrected chi connectivity index (χ0v) is 16.3. The molecule has 0 radical (unpaired) electrons. The monoisotopic (exact) mass is 388 g/mol. The number of pyridine rings is 1. The first-order chi connectivity index (χ1) is 13.0. The van der Waals surface area contributed by atoms with Gasteiger partial charge in [0.25, 0.3) is 0 Å². The number of fused-ring (bicyclic) bond motifs is 1. The first kappa shape index (κ1) is 19.5. The van der Waals surface area contributed by atoms with Crippen LogP contribution in [0.2, 0.25) is 5.02 Å². The molecular formula is C20H25ClN4O2. The van der Waals surface area contributed by atoms with Gasteiger partial charge >= 0.3 is 0 Å². The van der Waals surface area contributed by atoms with Crippen molar-refractivity contribution in [3.63, 3.8) is 0 Å². The SMILES string of the molecule is Cc1cc(NCCO)cc(N[C@@H](C)/C2=C/c3cc(Cl)ccc3NCOC2)n1. The number of nitrogens with zero attached hydrogens (tertiary/aromatic N) is 1. The van der Waals surface area contributed by atoms with Gasteiger partial charge in [0.1, 0.15) is 12.5 Å². The van der Waals surface area contributed by atoms with Crippen LogP contribution in [-0.4, -0.2) is 42.6 Å². The molecule has 1 atom stereocenters. The zero-order valence-electron chi connectivity index (χ0n) is 15.6. The van der Waals surface area contributed by atoms with Crippen LogP contribution < -0.4 is 16.0 Å². The molecule has 0 saturated carbocycles. The number of anilines is 3. The van der Waals surface area contributed by atoms with Gasteiger partial charge in [-0.25, -0.2) is 4.98 Å². The Kier molecular flexibility index (Phi) is 6.55. The van der Waals surface area contributed by atoms with Crippen molar-refractivity contribution in [2.45, 2.75) is 19.9 Å². The molecule has 4 N–H and O–H groups in total. The smallest absolute Gasteiger partial charge is 0.128 e. The lowest BCUT2D eigenvalue weighted by molar-refractivity contribution is 0.173. The Morgan fingerprint density at radius 1 is 1.33 bits per heavy atom. The number of halogens is 1. The van der Waals surface area contributed by atoms with Gasteiger partial charge in [0, 0.05) is 40.7 Å². The Morgan fingerprint density at radius 3 is 3.00 bits per heavy atom. The van der Waals surface area contributed by atoms with E-state index in [2.05, 4.69) is 33.9 Å². The van der Waals surface area contributed by atoms with Crippen LogP contribution in [0.4, 0.5) is 17.2 Å². The highest BCUT2D eigenvalue weighted by Gasteiger charge is 2.14. The number of aliphatic hydroxyl groups excluding tert-OH is 1. The van der Waals surface area contributed by atoms with Gasteiger partial charge in [-0.1, -0.05) is 11.6 Å². The minimum Gasteiger partial charge on any atom is -0.395 e. The Bertz CT molecular complexity index is 826. The molecule has 3 rings (SSSR count). The summed E-state index contributed by atoms with van der Waals surface area (Å²) in [5, 5.41) is 19.6. The van der Waals surface area contributed by atoms with Crippen molar-refractivity contribution in [1.29, 1.82) is 0 Å². The van der Waals surface area contributed by atoms with Gasteiger partial charge in [-0.2, -0.15) is 0 Å². The average molecular weight is 389 g/mol. The van der Waals surface area contributed by atoms with Gasteiger partial charge in [-0.3, -0.25) is 0 Å². The van der Waals surface area contributed by atoms with Gasteiger partial charge in [0.2, 0.25) is 0 Å². The normalized spacial score (nSPS) is 16.8. The van der Waals surface area contributed by atoms with E-state index in [1.54, 1.807) is 0 Å². The molecule has 2 heterocycles. The number of ether oxygens (including phenoxy) is 1. The number of nitrogens with one attached hydrogen (secondary N) is 3. The van der Waals surface area contributed by atoms with E-state index in [0.717, 1.165) is 34.0 Å². The molecule has 1 aliphatic heterocycles. The molecule has 1 aromatic heterocycles. The van der Waals surface area contributed by atoms with Crippen molar-refractivity contribution in [2.75, 3.05) is 42.4 Å². The van der Waals surface area contributed by atoms with E-state index in [0.29, 0.717) is 24.9 Å². The Morgan fingerprint density at radius 2 is 2.19 bits per heavy atom. The first-order valence-electron chi connectivity index (χ1n) is 8.97. The average Bonchev–Trinajstić information content (AvgIpc) is 2.60. The van der Waals surface area contributed by atoms with Crippen LogP contribution >= 0.6 is 11.6 Å². The van der Waals surface area contributed by atoms with Gasteiger partial charge in [-0.05, 0) is 55.3 Å². The predicted octanol–water partition coefficient (Wildman–Crippen LogP) is 3.73.